The SMILES string of the molecule is COC(=O)C1CCCN1CC(=O)NCCC1=CCCCC1. The lowest BCUT2D eigenvalue weighted by Crippen LogP contribution is -2.43. The Morgan fingerprint density at radius 1 is 1.38 bits per heavy atom. The number of rotatable bonds is 6. The zero-order valence-corrected chi connectivity index (χ0v) is 12.9. The lowest BCUT2D eigenvalue weighted by molar-refractivity contribution is -0.146. The number of hydrogen-bond donors (Lipinski definition) is 1. The molecule has 1 saturated heterocycles. The van der Waals surface area contributed by atoms with Crippen LogP contribution in [0.3, 0.4) is 0 Å². The van der Waals surface area contributed by atoms with E-state index in [-0.39, 0.29) is 17.9 Å². The van der Waals surface area contributed by atoms with Crippen molar-refractivity contribution in [2.75, 3.05) is 26.7 Å². The molecule has 0 spiro atoms. The van der Waals surface area contributed by atoms with Gasteiger partial charge in [-0.25, -0.2) is 0 Å². The average Bonchev–Trinajstić information content (AvgIpc) is 2.95. The number of ether oxygens (including phenoxy) is 1. The van der Waals surface area contributed by atoms with Crippen LogP contribution >= 0.6 is 0 Å². The third-order valence-electron chi connectivity index (χ3n) is 4.34. The van der Waals surface area contributed by atoms with Gasteiger partial charge >= 0.3 is 5.97 Å². The predicted octanol–water partition coefficient (Wildman–Crippen LogP) is 1.63. The van der Waals surface area contributed by atoms with Crippen LogP contribution in [0.5, 0.6) is 0 Å². The molecule has 1 unspecified atom stereocenters. The molecule has 5 heteroatoms. The van der Waals surface area contributed by atoms with Crippen molar-refractivity contribution in [3.05, 3.63) is 11.6 Å². The van der Waals surface area contributed by atoms with Crippen molar-refractivity contribution >= 4 is 11.9 Å². The Bertz CT molecular complexity index is 406. The molecule has 0 radical (unpaired) electrons. The van der Waals surface area contributed by atoms with Crippen LogP contribution in [0.1, 0.15) is 44.9 Å². The highest BCUT2D eigenvalue weighted by atomic mass is 16.5. The van der Waals surface area contributed by atoms with Crippen LogP contribution in [0.15, 0.2) is 11.6 Å². The Morgan fingerprint density at radius 3 is 2.95 bits per heavy atom. The minimum absolute atomic E-state index is 0.00205. The van der Waals surface area contributed by atoms with Crippen molar-refractivity contribution in [2.24, 2.45) is 0 Å². The van der Waals surface area contributed by atoms with Crippen molar-refractivity contribution in [3.8, 4) is 0 Å². The molecule has 1 N–H and O–H groups in total. The second-order valence-electron chi connectivity index (χ2n) is 5.86. The molecular formula is C16H26N2O3. The Morgan fingerprint density at radius 2 is 2.24 bits per heavy atom. The smallest absolute Gasteiger partial charge is 0.323 e. The van der Waals surface area contributed by atoms with Crippen LogP contribution < -0.4 is 5.32 Å². The first-order valence-electron chi connectivity index (χ1n) is 7.97. The van der Waals surface area contributed by atoms with E-state index in [2.05, 4.69) is 11.4 Å². The molecule has 1 atom stereocenters. The summed E-state index contributed by atoms with van der Waals surface area (Å²) in [6.07, 6.45) is 9.90. The first-order valence-corrected chi connectivity index (χ1v) is 7.97. The van der Waals surface area contributed by atoms with Gasteiger partial charge in [0.2, 0.25) is 5.91 Å². The zero-order chi connectivity index (χ0) is 15.1. The molecule has 1 fully saturated rings. The third-order valence-corrected chi connectivity index (χ3v) is 4.34. The number of hydrogen-bond acceptors (Lipinski definition) is 4. The van der Waals surface area contributed by atoms with Gasteiger partial charge in [0, 0.05) is 6.54 Å². The van der Waals surface area contributed by atoms with Gasteiger partial charge in [0.05, 0.1) is 13.7 Å². The van der Waals surface area contributed by atoms with Gasteiger partial charge in [0.15, 0.2) is 0 Å². The minimum Gasteiger partial charge on any atom is -0.468 e. The highest BCUT2D eigenvalue weighted by molar-refractivity contribution is 5.80. The molecule has 0 aromatic heterocycles. The Hall–Kier alpha value is -1.36. The largest absolute Gasteiger partial charge is 0.468 e. The lowest BCUT2D eigenvalue weighted by atomic mass is 9.97. The first kappa shape index (κ1) is 16.0. The van der Waals surface area contributed by atoms with Crippen LogP contribution in [0.25, 0.3) is 0 Å². The van der Waals surface area contributed by atoms with Crippen molar-refractivity contribution in [2.45, 2.75) is 51.0 Å². The van der Waals surface area contributed by atoms with E-state index in [9.17, 15) is 9.59 Å². The summed E-state index contributed by atoms with van der Waals surface area (Å²) in [6.45, 7) is 1.78. The maximum atomic E-state index is 12.0. The highest BCUT2D eigenvalue weighted by Crippen LogP contribution is 2.20. The molecule has 0 aromatic carbocycles. The number of nitrogens with one attached hydrogen (secondary N) is 1. The molecule has 0 bridgehead atoms. The fraction of sp³-hybridized carbons (Fsp3) is 0.750. The summed E-state index contributed by atoms with van der Waals surface area (Å²) in [4.78, 5) is 25.5. The molecule has 0 aromatic rings. The first-order chi connectivity index (χ1) is 10.2. The number of amides is 1. The molecule has 1 heterocycles. The quantitative estimate of drug-likeness (QED) is 0.597. The standard InChI is InChI=1S/C16H26N2O3/c1-21-16(20)14-8-5-11-18(14)12-15(19)17-10-9-13-6-3-2-4-7-13/h6,14H,2-5,7-12H2,1H3,(H,17,19). The van der Waals surface area contributed by atoms with Gasteiger partial charge in [-0.2, -0.15) is 0 Å². The summed E-state index contributed by atoms with van der Waals surface area (Å²) in [5.74, 6) is -0.227. The summed E-state index contributed by atoms with van der Waals surface area (Å²) in [7, 11) is 1.40. The Kier molecular flexibility index (Phi) is 6.23. The van der Waals surface area contributed by atoms with Crippen molar-refractivity contribution in [1.82, 2.24) is 10.2 Å². The van der Waals surface area contributed by atoms with Crippen molar-refractivity contribution < 1.29 is 14.3 Å². The normalized spacial score (nSPS) is 22.7. The van der Waals surface area contributed by atoms with E-state index < -0.39 is 0 Å². The Labute approximate surface area is 126 Å². The van der Waals surface area contributed by atoms with Crippen LogP contribution in [0.2, 0.25) is 0 Å². The monoisotopic (exact) mass is 294 g/mol. The fourth-order valence-electron chi connectivity index (χ4n) is 3.15. The highest BCUT2D eigenvalue weighted by Gasteiger charge is 2.32. The summed E-state index contributed by atoms with van der Waals surface area (Å²) in [5, 5.41) is 2.96. The Balaban J connectivity index is 1.69. The lowest BCUT2D eigenvalue weighted by Gasteiger charge is -2.21. The van der Waals surface area contributed by atoms with E-state index in [1.54, 1.807) is 0 Å². The predicted molar refractivity (Wildman–Crippen MR) is 80.8 cm³/mol. The summed E-state index contributed by atoms with van der Waals surface area (Å²) < 4.78 is 4.79. The van der Waals surface area contributed by atoms with Crippen molar-refractivity contribution in [3.63, 3.8) is 0 Å². The minimum atomic E-state index is -0.248. The third kappa shape index (κ3) is 4.84. The molecule has 118 valence electrons. The van der Waals surface area contributed by atoms with E-state index in [4.69, 9.17) is 4.74 Å². The topological polar surface area (TPSA) is 58.6 Å². The van der Waals surface area contributed by atoms with E-state index in [0.29, 0.717) is 13.1 Å². The number of allylic oxidation sites excluding steroid dienone is 1. The molecule has 0 saturated carbocycles. The fourth-order valence-corrected chi connectivity index (χ4v) is 3.15. The number of carbonyl (C=O) groups excluding carboxylic acids is 2. The maximum absolute atomic E-state index is 12.0. The molecule has 21 heavy (non-hydrogen) atoms. The second-order valence-corrected chi connectivity index (χ2v) is 5.86. The number of likely N-dealkylation sites (tertiary alicyclic amines) is 1. The van der Waals surface area contributed by atoms with E-state index >= 15 is 0 Å². The number of nitrogens with zero attached hydrogens (tertiary/aromatic N) is 1. The van der Waals surface area contributed by atoms with Gasteiger partial charge in [0.25, 0.3) is 0 Å². The van der Waals surface area contributed by atoms with Gasteiger partial charge in [0.1, 0.15) is 6.04 Å². The van der Waals surface area contributed by atoms with E-state index in [0.717, 1.165) is 25.8 Å². The number of esters is 1. The second kappa shape index (κ2) is 8.17. The van der Waals surface area contributed by atoms with Gasteiger partial charge in [-0.05, 0) is 51.5 Å². The van der Waals surface area contributed by atoms with Crippen LogP contribution in [0.4, 0.5) is 0 Å². The van der Waals surface area contributed by atoms with Gasteiger partial charge in [-0.1, -0.05) is 11.6 Å². The molecule has 1 amide bonds. The van der Waals surface area contributed by atoms with E-state index in [1.165, 1.54) is 38.4 Å². The summed E-state index contributed by atoms with van der Waals surface area (Å²) in [5.41, 5.74) is 1.47. The average molecular weight is 294 g/mol. The number of methoxy groups -OCH3 is 1. The molecule has 5 nitrogen and oxygen atoms in total. The van der Waals surface area contributed by atoms with Crippen LogP contribution in [-0.2, 0) is 14.3 Å². The van der Waals surface area contributed by atoms with Crippen molar-refractivity contribution in [1.29, 1.82) is 0 Å². The molecule has 2 aliphatic rings. The molecule has 1 aliphatic heterocycles. The molecular weight excluding hydrogens is 268 g/mol. The summed E-state index contributed by atoms with van der Waals surface area (Å²) >= 11 is 0. The van der Waals surface area contributed by atoms with Gasteiger partial charge in [-0.15, -0.1) is 0 Å². The van der Waals surface area contributed by atoms with Gasteiger partial charge in [-0.3, -0.25) is 14.5 Å². The van der Waals surface area contributed by atoms with E-state index in [1.807, 2.05) is 4.90 Å². The molecule has 1 aliphatic carbocycles. The molecule has 2 rings (SSSR count). The summed E-state index contributed by atoms with van der Waals surface area (Å²) in [6, 6.07) is -0.248. The maximum Gasteiger partial charge on any atom is 0.323 e. The van der Waals surface area contributed by atoms with Gasteiger partial charge < -0.3 is 10.1 Å². The van der Waals surface area contributed by atoms with Crippen LogP contribution in [-0.4, -0.2) is 49.6 Å². The zero-order valence-electron chi connectivity index (χ0n) is 12.9. The number of carbonyl (C=O) groups is 2. The van der Waals surface area contributed by atoms with Crippen LogP contribution in [0, 0.1) is 0 Å².